The van der Waals surface area contributed by atoms with Crippen LogP contribution >= 0.6 is 0 Å². The molecule has 0 aromatic rings. The zero-order chi connectivity index (χ0) is 21.6. The third kappa shape index (κ3) is 4.05. The van der Waals surface area contributed by atoms with Crippen LogP contribution in [0.3, 0.4) is 0 Å². The Balaban J connectivity index is 1.99. The third-order valence-corrected chi connectivity index (χ3v) is 6.04. The number of likely N-dealkylation sites (tertiary alicyclic amines) is 1. The SMILES string of the molecule is CCN(C(=O)OC(C)(C)C)C1=C2NC(=O)C(C)(N3CCC[C@@H](N)C3)C2CC(F)=C1. The molecule has 0 radical (unpaired) electrons. The number of halogens is 1. The first kappa shape index (κ1) is 21.8. The normalized spacial score (nSPS) is 30.6. The molecule has 0 aromatic heterocycles. The Labute approximate surface area is 172 Å². The van der Waals surface area contributed by atoms with E-state index in [2.05, 4.69) is 10.2 Å². The summed E-state index contributed by atoms with van der Waals surface area (Å²) in [6.45, 7) is 10.6. The zero-order valence-electron chi connectivity index (χ0n) is 18.0. The van der Waals surface area contributed by atoms with E-state index in [9.17, 15) is 14.0 Å². The van der Waals surface area contributed by atoms with Crippen LogP contribution in [-0.2, 0) is 9.53 Å². The van der Waals surface area contributed by atoms with Gasteiger partial charge in [-0.3, -0.25) is 14.6 Å². The van der Waals surface area contributed by atoms with Gasteiger partial charge in [-0.2, -0.15) is 0 Å². The summed E-state index contributed by atoms with van der Waals surface area (Å²) in [5.41, 5.74) is 5.52. The minimum atomic E-state index is -0.905. The molecule has 0 bridgehead atoms. The average Bonchev–Trinajstić information content (AvgIpc) is 2.86. The Bertz CT molecular complexity index is 758. The first-order chi connectivity index (χ1) is 13.5. The standard InChI is InChI=1S/C21H33FN4O3/c1-6-26(19(28)29-20(2,3)4)16-11-13(22)10-15-17(16)24-18(27)21(15,5)25-9-7-8-14(23)12-25/h11,14-15H,6-10,12,23H2,1-5H3,(H,24,27)/t14-,15?,21?/m1/s1. The molecule has 1 aliphatic carbocycles. The van der Waals surface area contributed by atoms with Crippen LogP contribution in [0.4, 0.5) is 9.18 Å². The van der Waals surface area contributed by atoms with E-state index in [1.54, 1.807) is 27.7 Å². The summed E-state index contributed by atoms with van der Waals surface area (Å²) in [5, 5.41) is 2.96. The number of likely N-dealkylation sites (N-methyl/N-ethyl adjacent to an activating group) is 1. The summed E-state index contributed by atoms with van der Waals surface area (Å²) >= 11 is 0. The van der Waals surface area contributed by atoms with E-state index in [1.807, 2.05) is 6.92 Å². The average molecular weight is 409 g/mol. The van der Waals surface area contributed by atoms with Gasteiger partial charge in [0.15, 0.2) is 0 Å². The van der Waals surface area contributed by atoms with Crippen molar-refractivity contribution in [2.45, 2.75) is 71.1 Å². The molecule has 2 fully saturated rings. The van der Waals surface area contributed by atoms with Crippen molar-refractivity contribution in [3.8, 4) is 0 Å². The van der Waals surface area contributed by atoms with Crippen LogP contribution in [0, 0.1) is 5.92 Å². The fourth-order valence-electron chi connectivity index (χ4n) is 4.53. The number of nitrogens with zero attached hydrogens (tertiary/aromatic N) is 2. The fourth-order valence-corrected chi connectivity index (χ4v) is 4.53. The predicted molar refractivity (Wildman–Crippen MR) is 108 cm³/mol. The summed E-state index contributed by atoms with van der Waals surface area (Å²) in [6.07, 6.45) is 2.72. The van der Waals surface area contributed by atoms with Crippen molar-refractivity contribution < 1.29 is 18.7 Å². The molecule has 2 aliphatic heterocycles. The number of amides is 2. The molecule has 8 heteroatoms. The molecule has 29 heavy (non-hydrogen) atoms. The first-order valence-electron chi connectivity index (χ1n) is 10.4. The summed E-state index contributed by atoms with van der Waals surface area (Å²) in [7, 11) is 0. The van der Waals surface area contributed by atoms with Crippen LogP contribution < -0.4 is 11.1 Å². The van der Waals surface area contributed by atoms with Crippen molar-refractivity contribution in [1.82, 2.24) is 15.1 Å². The number of carbonyl (C=O) groups excluding carboxylic acids is 2. The lowest BCUT2D eigenvalue weighted by molar-refractivity contribution is -0.131. The Morgan fingerprint density at radius 3 is 2.76 bits per heavy atom. The van der Waals surface area contributed by atoms with Crippen molar-refractivity contribution in [3.63, 3.8) is 0 Å². The lowest BCUT2D eigenvalue weighted by Gasteiger charge is -2.44. The van der Waals surface area contributed by atoms with Gasteiger partial charge in [-0.15, -0.1) is 0 Å². The molecule has 162 valence electrons. The number of fused-ring (bicyclic) bond motifs is 1. The summed E-state index contributed by atoms with van der Waals surface area (Å²) < 4.78 is 20.2. The highest BCUT2D eigenvalue weighted by Crippen LogP contribution is 2.45. The molecule has 7 nitrogen and oxygen atoms in total. The molecular formula is C21H33FN4O3. The highest BCUT2D eigenvalue weighted by molar-refractivity contribution is 5.92. The third-order valence-electron chi connectivity index (χ3n) is 6.04. The lowest BCUT2D eigenvalue weighted by Crippen LogP contribution is -2.60. The summed E-state index contributed by atoms with van der Waals surface area (Å²) in [6, 6.07) is -0.00115. The Hall–Kier alpha value is -1.93. The van der Waals surface area contributed by atoms with Crippen molar-refractivity contribution in [2.75, 3.05) is 19.6 Å². The highest BCUT2D eigenvalue weighted by Gasteiger charge is 2.56. The molecule has 3 atom stereocenters. The Morgan fingerprint density at radius 2 is 2.17 bits per heavy atom. The van der Waals surface area contributed by atoms with Crippen molar-refractivity contribution in [1.29, 1.82) is 0 Å². The van der Waals surface area contributed by atoms with Crippen molar-refractivity contribution in [3.05, 3.63) is 23.3 Å². The van der Waals surface area contributed by atoms with Gasteiger partial charge in [-0.25, -0.2) is 9.18 Å². The van der Waals surface area contributed by atoms with Crippen LogP contribution in [0.15, 0.2) is 23.3 Å². The number of nitrogens with two attached hydrogens (primary N) is 1. The zero-order valence-corrected chi connectivity index (χ0v) is 18.0. The number of nitrogens with one attached hydrogen (secondary N) is 1. The van der Waals surface area contributed by atoms with E-state index < -0.39 is 23.2 Å². The molecule has 2 amide bonds. The van der Waals surface area contributed by atoms with Gasteiger partial charge in [0.2, 0.25) is 5.91 Å². The molecule has 2 unspecified atom stereocenters. The quantitative estimate of drug-likeness (QED) is 0.750. The molecular weight excluding hydrogens is 375 g/mol. The van der Waals surface area contributed by atoms with Gasteiger partial charge in [-0.05, 0) is 60.1 Å². The largest absolute Gasteiger partial charge is 0.443 e. The molecule has 0 saturated carbocycles. The van der Waals surface area contributed by atoms with Crippen LogP contribution in [0.25, 0.3) is 0 Å². The van der Waals surface area contributed by atoms with E-state index in [0.717, 1.165) is 19.4 Å². The van der Waals surface area contributed by atoms with Crippen molar-refractivity contribution >= 4 is 12.0 Å². The van der Waals surface area contributed by atoms with Gasteiger partial charge in [0.1, 0.15) is 17.0 Å². The second-order valence-corrected chi connectivity index (χ2v) is 9.32. The van der Waals surface area contributed by atoms with Crippen molar-refractivity contribution in [2.24, 2.45) is 11.7 Å². The summed E-state index contributed by atoms with van der Waals surface area (Å²) in [5.74, 6) is -0.927. The maximum absolute atomic E-state index is 14.8. The van der Waals surface area contributed by atoms with E-state index in [-0.39, 0.29) is 24.2 Å². The van der Waals surface area contributed by atoms with Crippen LogP contribution in [0.5, 0.6) is 0 Å². The minimum absolute atomic E-state index is 0.00115. The van der Waals surface area contributed by atoms with Gasteiger partial charge >= 0.3 is 6.09 Å². The minimum Gasteiger partial charge on any atom is -0.443 e. The summed E-state index contributed by atoms with van der Waals surface area (Å²) in [4.78, 5) is 29.3. The second-order valence-electron chi connectivity index (χ2n) is 9.32. The van der Waals surface area contributed by atoms with Gasteiger partial charge in [0.25, 0.3) is 0 Å². The molecule has 0 spiro atoms. The molecule has 0 aromatic carbocycles. The number of hydrogen-bond donors (Lipinski definition) is 2. The number of rotatable bonds is 3. The van der Waals surface area contributed by atoms with Crippen LogP contribution in [0.1, 0.15) is 53.9 Å². The number of carbonyl (C=O) groups is 2. The van der Waals surface area contributed by atoms with Gasteiger partial charge in [0.05, 0.1) is 5.70 Å². The smallest absolute Gasteiger partial charge is 0.414 e. The van der Waals surface area contributed by atoms with E-state index >= 15 is 0 Å². The second kappa shape index (κ2) is 7.72. The lowest BCUT2D eigenvalue weighted by atomic mass is 9.78. The molecule has 2 saturated heterocycles. The number of piperidine rings is 1. The first-order valence-corrected chi connectivity index (χ1v) is 10.4. The Kier molecular flexibility index (Phi) is 5.80. The fraction of sp³-hybridized carbons (Fsp3) is 0.714. The molecule has 3 N–H and O–H groups in total. The number of ether oxygens (including phenoxy) is 1. The topological polar surface area (TPSA) is 87.9 Å². The van der Waals surface area contributed by atoms with Gasteiger partial charge < -0.3 is 15.8 Å². The molecule has 3 rings (SSSR count). The number of allylic oxidation sites excluding steroid dienone is 2. The maximum Gasteiger partial charge on any atom is 0.414 e. The van der Waals surface area contributed by atoms with Crippen LogP contribution in [0.2, 0.25) is 0 Å². The number of hydrogen-bond acceptors (Lipinski definition) is 5. The van der Waals surface area contributed by atoms with E-state index in [4.69, 9.17) is 10.5 Å². The predicted octanol–water partition coefficient (Wildman–Crippen LogP) is 2.64. The monoisotopic (exact) mass is 408 g/mol. The van der Waals surface area contributed by atoms with Gasteiger partial charge in [-0.1, -0.05) is 0 Å². The van der Waals surface area contributed by atoms with Crippen LogP contribution in [-0.4, -0.2) is 58.6 Å². The molecule has 3 aliphatic rings. The maximum atomic E-state index is 14.8. The Morgan fingerprint density at radius 1 is 1.48 bits per heavy atom. The van der Waals surface area contributed by atoms with E-state index in [1.165, 1.54) is 11.0 Å². The van der Waals surface area contributed by atoms with Gasteiger partial charge in [0, 0.05) is 37.2 Å². The molecule has 2 heterocycles. The van der Waals surface area contributed by atoms with E-state index in [0.29, 0.717) is 24.5 Å². The highest BCUT2D eigenvalue weighted by atomic mass is 19.1.